The van der Waals surface area contributed by atoms with Crippen molar-refractivity contribution in [1.82, 2.24) is 9.88 Å². The van der Waals surface area contributed by atoms with E-state index in [0.717, 1.165) is 11.3 Å². The van der Waals surface area contributed by atoms with E-state index in [1.54, 1.807) is 41.4 Å². The van der Waals surface area contributed by atoms with Crippen molar-refractivity contribution in [3.63, 3.8) is 0 Å². The molecule has 1 atom stereocenters. The summed E-state index contributed by atoms with van der Waals surface area (Å²) in [6.07, 6.45) is 3.54. The lowest BCUT2D eigenvalue weighted by molar-refractivity contribution is 0.0734. The summed E-state index contributed by atoms with van der Waals surface area (Å²) < 4.78 is 10.6. The fourth-order valence-corrected chi connectivity index (χ4v) is 3.46. The number of rotatable bonds is 2. The van der Waals surface area contributed by atoms with Crippen molar-refractivity contribution in [2.75, 3.05) is 25.2 Å². The van der Waals surface area contributed by atoms with E-state index < -0.39 is 0 Å². The quantitative estimate of drug-likeness (QED) is 0.829. The Bertz CT molecular complexity index is 840. The number of carbonyl (C=O) groups is 2. The number of carbonyl (C=O) groups excluding carboxylic acids is 2. The Morgan fingerprint density at radius 1 is 1.27 bits per heavy atom. The van der Waals surface area contributed by atoms with Gasteiger partial charge in [0, 0.05) is 31.0 Å². The Hall–Kier alpha value is -3.09. The normalized spacial score (nSPS) is 19.1. The monoisotopic (exact) mass is 353 g/mol. The third kappa shape index (κ3) is 2.85. The molecule has 1 aromatic carbocycles. The maximum atomic E-state index is 12.9. The van der Waals surface area contributed by atoms with Gasteiger partial charge in [0.25, 0.3) is 5.91 Å². The van der Waals surface area contributed by atoms with E-state index >= 15 is 0 Å². The molecular weight excluding hydrogens is 334 g/mol. The number of hydrogen-bond donors (Lipinski definition) is 0. The molecule has 1 aromatic heterocycles. The van der Waals surface area contributed by atoms with Crippen LogP contribution in [0.2, 0.25) is 0 Å². The first-order valence-corrected chi connectivity index (χ1v) is 8.49. The fourth-order valence-electron chi connectivity index (χ4n) is 3.46. The third-order valence-electron chi connectivity index (χ3n) is 4.82. The topological polar surface area (TPSA) is 72.0 Å². The summed E-state index contributed by atoms with van der Waals surface area (Å²) in [5.74, 6) is 0.629. The minimum Gasteiger partial charge on any atom is -0.497 e. The number of aromatic nitrogens is 1. The molecule has 1 fully saturated rings. The second-order valence-electron chi connectivity index (χ2n) is 6.35. The van der Waals surface area contributed by atoms with Gasteiger partial charge < -0.3 is 14.4 Å². The zero-order chi connectivity index (χ0) is 18.1. The molecule has 0 aliphatic carbocycles. The number of anilines is 1. The summed E-state index contributed by atoms with van der Waals surface area (Å²) in [4.78, 5) is 32.6. The van der Waals surface area contributed by atoms with Crippen LogP contribution in [0.3, 0.4) is 0 Å². The van der Waals surface area contributed by atoms with Crippen LogP contribution in [0.5, 0.6) is 5.75 Å². The molecule has 0 saturated carbocycles. The number of hydrogen-bond acceptors (Lipinski definition) is 5. The van der Waals surface area contributed by atoms with Gasteiger partial charge in [-0.15, -0.1) is 0 Å². The van der Waals surface area contributed by atoms with Crippen LogP contribution < -0.4 is 9.64 Å². The zero-order valence-electron chi connectivity index (χ0n) is 14.4. The second-order valence-corrected chi connectivity index (χ2v) is 6.35. The lowest BCUT2D eigenvalue weighted by Gasteiger charge is -2.32. The molecule has 7 nitrogen and oxygen atoms in total. The number of nitrogens with zero attached hydrogens (tertiary/aromatic N) is 3. The van der Waals surface area contributed by atoms with Crippen molar-refractivity contribution >= 4 is 17.7 Å². The molecular formula is C19H19N3O4. The van der Waals surface area contributed by atoms with Crippen molar-refractivity contribution in [2.45, 2.75) is 19.0 Å². The summed E-state index contributed by atoms with van der Waals surface area (Å²) in [6, 6.07) is 8.88. The molecule has 2 aliphatic rings. The summed E-state index contributed by atoms with van der Waals surface area (Å²) in [7, 11) is 1.59. The van der Waals surface area contributed by atoms with Crippen LogP contribution in [0.1, 0.15) is 22.3 Å². The SMILES string of the molecule is COc1ccc2c(c1)CN(C(=O)c1ccncc1)CC[C@H]1COC(=O)N21. The Morgan fingerprint density at radius 3 is 2.85 bits per heavy atom. The summed E-state index contributed by atoms with van der Waals surface area (Å²) >= 11 is 0. The van der Waals surface area contributed by atoms with E-state index in [4.69, 9.17) is 9.47 Å². The molecule has 2 amide bonds. The smallest absolute Gasteiger partial charge is 0.414 e. The van der Waals surface area contributed by atoms with Gasteiger partial charge in [-0.3, -0.25) is 14.7 Å². The molecule has 3 heterocycles. The van der Waals surface area contributed by atoms with E-state index in [0.29, 0.717) is 37.4 Å². The first-order chi connectivity index (χ1) is 12.7. The minimum atomic E-state index is -0.338. The maximum absolute atomic E-state index is 12.9. The lowest BCUT2D eigenvalue weighted by atomic mass is 10.0. The van der Waals surface area contributed by atoms with Crippen molar-refractivity contribution in [3.05, 3.63) is 53.9 Å². The Morgan fingerprint density at radius 2 is 2.08 bits per heavy atom. The number of amides is 2. The molecule has 0 spiro atoms. The van der Waals surface area contributed by atoms with E-state index in [1.165, 1.54) is 0 Å². The van der Waals surface area contributed by atoms with Crippen molar-refractivity contribution < 1.29 is 19.1 Å². The third-order valence-corrected chi connectivity index (χ3v) is 4.82. The van der Waals surface area contributed by atoms with Crippen LogP contribution in [0.25, 0.3) is 0 Å². The molecule has 4 rings (SSSR count). The highest BCUT2D eigenvalue weighted by atomic mass is 16.6. The van der Waals surface area contributed by atoms with Gasteiger partial charge in [-0.25, -0.2) is 4.79 Å². The molecule has 2 aromatic rings. The van der Waals surface area contributed by atoms with Crippen LogP contribution in [-0.2, 0) is 11.3 Å². The molecule has 0 N–H and O–H groups in total. The van der Waals surface area contributed by atoms with Crippen LogP contribution in [0.4, 0.5) is 10.5 Å². The van der Waals surface area contributed by atoms with Gasteiger partial charge in [-0.2, -0.15) is 0 Å². The first-order valence-electron chi connectivity index (χ1n) is 8.49. The van der Waals surface area contributed by atoms with E-state index in [9.17, 15) is 9.59 Å². The number of ether oxygens (including phenoxy) is 2. The maximum Gasteiger partial charge on any atom is 0.414 e. The van der Waals surface area contributed by atoms with Gasteiger partial charge in [-0.05, 0) is 42.3 Å². The molecule has 134 valence electrons. The molecule has 0 bridgehead atoms. The average Bonchev–Trinajstić information content (AvgIpc) is 3.03. The lowest BCUT2D eigenvalue weighted by Crippen LogP contribution is -2.42. The van der Waals surface area contributed by atoms with Gasteiger partial charge in [0.1, 0.15) is 12.4 Å². The minimum absolute atomic E-state index is 0.0557. The van der Waals surface area contributed by atoms with Gasteiger partial charge in [0.05, 0.1) is 18.8 Å². The second kappa shape index (κ2) is 6.67. The summed E-state index contributed by atoms with van der Waals surface area (Å²) in [5, 5.41) is 0. The highest BCUT2D eigenvalue weighted by molar-refractivity contribution is 5.95. The largest absolute Gasteiger partial charge is 0.497 e. The zero-order valence-corrected chi connectivity index (χ0v) is 14.4. The highest BCUT2D eigenvalue weighted by Crippen LogP contribution is 2.34. The Balaban J connectivity index is 1.73. The molecule has 7 heteroatoms. The molecule has 0 unspecified atom stereocenters. The van der Waals surface area contributed by atoms with E-state index in [1.807, 2.05) is 18.2 Å². The van der Waals surface area contributed by atoms with Crippen LogP contribution in [0, 0.1) is 0 Å². The number of benzene rings is 1. The van der Waals surface area contributed by atoms with Crippen LogP contribution in [-0.4, -0.2) is 48.2 Å². The Kier molecular flexibility index (Phi) is 4.20. The van der Waals surface area contributed by atoms with Crippen LogP contribution >= 0.6 is 0 Å². The Labute approximate surface area is 151 Å². The molecule has 1 saturated heterocycles. The highest BCUT2D eigenvalue weighted by Gasteiger charge is 2.37. The van der Waals surface area contributed by atoms with Crippen molar-refractivity contribution in [1.29, 1.82) is 0 Å². The predicted octanol–water partition coefficient (Wildman–Crippen LogP) is 2.46. The summed E-state index contributed by atoms with van der Waals surface area (Å²) in [6.45, 7) is 1.27. The fraction of sp³-hybridized carbons (Fsp3) is 0.316. The number of cyclic esters (lactones) is 1. The number of pyridine rings is 1. The van der Waals surface area contributed by atoms with Crippen molar-refractivity contribution in [3.8, 4) is 5.75 Å². The van der Waals surface area contributed by atoms with E-state index in [2.05, 4.69) is 4.98 Å². The molecule has 2 aliphatic heterocycles. The molecule has 0 radical (unpaired) electrons. The van der Waals surface area contributed by atoms with Gasteiger partial charge in [0.15, 0.2) is 0 Å². The predicted molar refractivity (Wildman–Crippen MR) is 94.2 cm³/mol. The standard InChI is InChI=1S/C19H19N3O4/c1-25-16-2-3-17-14(10-16)11-21(18(23)13-4-7-20-8-5-13)9-6-15-12-26-19(24)22(15)17/h2-5,7-8,10,15H,6,9,11-12H2,1H3/t15-/m0/s1. The van der Waals surface area contributed by atoms with Gasteiger partial charge >= 0.3 is 6.09 Å². The van der Waals surface area contributed by atoms with Gasteiger partial charge in [0.2, 0.25) is 0 Å². The van der Waals surface area contributed by atoms with Crippen LogP contribution in [0.15, 0.2) is 42.7 Å². The number of fused-ring (bicyclic) bond motifs is 3. The van der Waals surface area contributed by atoms with Crippen molar-refractivity contribution in [2.24, 2.45) is 0 Å². The first kappa shape index (κ1) is 16.4. The number of methoxy groups -OCH3 is 1. The molecule has 26 heavy (non-hydrogen) atoms. The van der Waals surface area contributed by atoms with Gasteiger partial charge in [-0.1, -0.05) is 0 Å². The summed E-state index contributed by atoms with van der Waals surface area (Å²) in [5.41, 5.74) is 2.22. The van der Waals surface area contributed by atoms with E-state index in [-0.39, 0.29) is 18.0 Å². The average molecular weight is 353 g/mol.